The Balaban J connectivity index is 1.74. The van der Waals surface area contributed by atoms with E-state index >= 15 is 0 Å². The van der Waals surface area contributed by atoms with Gasteiger partial charge in [-0.3, -0.25) is 9.36 Å². The van der Waals surface area contributed by atoms with Gasteiger partial charge < -0.3 is 4.90 Å². The Bertz CT molecular complexity index is 745. The summed E-state index contributed by atoms with van der Waals surface area (Å²) in [4.78, 5) is 19.3. The van der Waals surface area contributed by atoms with E-state index in [0.29, 0.717) is 17.8 Å². The van der Waals surface area contributed by atoms with Crippen LogP contribution in [0.5, 0.6) is 0 Å². The van der Waals surface area contributed by atoms with Crippen LogP contribution in [0.25, 0.3) is 5.69 Å². The van der Waals surface area contributed by atoms with E-state index in [1.54, 1.807) is 6.20 Å². The van der Waals surface area contributed by atoms with Crippen molar-refractivity contribution in [2.45, 2.75) is 64.2 Å². The van der Waals surface area contributed by atoms with Crippen LogP contribution in [-0.4, -0.2) is 38.2 Å². The highest BCUT2D eigenvalue weighted by Crippen LogP contribution is 2.27. The van der Waals surface area contributed by atoms with Gasteiger partial charge in [0, 0.05) is 24.5 Å². The summed E-state index contributed by atoms with van der Waals surface area (Å²) in [5, 5.41) is 0.874. The summed E-state index contributed by atoms with van der Waals surface area (Å²) in [6, 6.07) is 7.09. The van der Waals surface area contributed by atoms with Gasteiger partial charge in [-0.25, -0.2) is 4.98 Å². The smallest absolute Gasteiger partial charge is 0.233 e. The van der Waals surface area contributed by atoms with Crippen molar-refractivity contribution in [3.63, 3.8) is 0 Å². The highest BCUT2D eigenvalue weighted by molar-refractivity contribution is 7.99. The summed E-state index contributed by atoms with van der Waals surface area (Å²) in [5.74, 6) is 0.663. The van der Waals surface area contributed by atoms with Gasteiger partial charge in [-0.15, -0.1) is 0 Å². The molecule has 5 heteroatoms. The van der Waals surface area contributed by atoms with Crippen molar-refractivity contribution in [3.05, 3.63) is 41.7 Å². The molecule has 1 saturated heterocycles. The molecule has 0 bridgehead atoms. The molecule has 134 valence electrons. The number of thioether (sulfide) groups is 1. The van der Waals surface area contributed by atoms with E-state index in [1.807, 2.05) is 6.20 Å². The fourth-order valence-electron chi connectivity index (χ4n) is 3.67. The number of carbonyl (C=O) groups excluding carboxylic acids is 1. The zero-order valence-corrected chi connectivity index (χ0v) is 16.3. The number of hydrogen-bond donors (Lipinski definition) is 0. The molecule has 1 aromatic carbocycles. The van der Waals surface area contributed by atoms with E-state index in [2.05, 4.69) is 60.3 Å². The predicted octanol–water partition coefficient (Wildman–Crippen LogP) is 4.37. The number of rotatable bonds is 4. The van der Waals surface area contributed by atoms with E-state index in [0.717, 1.165) is 23.7 Å². The summed E-state index contributed by atoms with van der Waals surface area (Å²) in [5.41, 5.74) is 3.56. The highest BCUT2D eigenvalue weighted by Gasteiger charge is 2.28. The Morgan fingerprint density at radius 2 is 1.96 bits per heavy atom. The van der Waals surface area contributed by atoms with Crippen LogP contribution in [0.4, 0.5) is 0 Å². The first kappa shape index (κ1) is 18.1. The van der Waals surface area contributed by atoms with Gasteiger partial charge in [0.25, 0.3) is 0 Å². The van der Waals surface area contributed by atoms with Gasteiger partial charge in [0.05, 0.1) is 11.4 Å². The molecule has 2 atom stereocenters. The van der Waals surface area contributed by atoms with Crippen molar-refractivity contribution in [1.29, 1.82) is 0 Å². The topological polar surface area (TPSA) is 38.1 Å². The largest absolute Gasteiger partial charge is 0.337 e. The van der Waals surface area contributed by atoms with E-state index in [-0.39, 0.29) is 5.91 Å². The molecule has 1 fully saturated rings. The van der Waals surface area contributed by atoms with Crippen LogP contribution in [-0.2, 0) is 4.79 Å². The number of likely N-dealkylation sites (tertiary alicyclic amines) is 1. The molecule has 2 unspecified atom stereocenters. The minimum absolute atomic E-state index is 0.222. The van der Waals surface area contributed by atoms with Crippen LogP contribution < -0.4 is 0 Å². The number of hydrogen-bond acceptors (Lipinski definition) is 3. The third kappa shape index (κ3) is 3.92. The summed E-state index contributed by atoms with van der Waals surface area (Å²) < 4.78 is 2.09. The number of aryl methyl sites for hydroxylation is 2. The van der Waals surface area contributed by atoms with E-state index in [9.17, 15) is 4.79 Å². The number of aromatic nitrogens is 2. The molecule has 1 aliphatic rings. The Hall–Kier alpha value is -1.75. The Kier molecular flexibility index (Phi) is 5.52. The molecule has 1 aliphatic heterocycles. The molecule has 1 aromatic heterocycles. The fraction of sp³-hybridized carbons (Fsp3) is 0.500. The molecular formula is C20H27N3OS. The average Bonchev–Trinajstić information content (AvgIpc) is 3.03. The molecule has 2 aromatic rings. The molecule has 4 nitrogen and oxygen atoms in total. The van der Waals surface area contributed by atoms with Gasteiger partial charge in [0.15, 0.2) is 5.16 Å². The van der Waals surface area contributed by atoms with Crippen molar-refractivity contribution in [1.82, 2.24) is 14.5 Å². The van der Waals surface area contributed by atoms with Crippen LogP contribution in [0.1, 0.15) is 44.2 Å². The number of benzene rings is 1. The molecule has 0 aliphatic carbocycles. The maximum absolute atomic E-state index is 12.8. The zero-order valence-electron chi connectivity index (χ0n) is 15.5. The number of amides is 1. The van der Waals surface area contributed by atoms with Crippen molar-refractivity contribution in [2.75, 3.05) is 5.75 Å². The summed E-state index contributed by atoms with van der Waals surface area (Å²) in [6.07, 6.45) is 7.22. The quantitative estimate of drug-likeness (QED) is 0.763. The zero-order chi connectivity index (χ0) is 18.0. The van der Waals surface area contributed by atoms with Gasteiger partial charge >= 0.3 is 0 Å². The summed E-state index contributed by atoms with van der Waals surface area (Å²) in [6.45, 7) is 8.52. The Labute approximate surface area is 154 Å². The number of carbonyl (C=O) groups is 1. The van der Waals surface area contributed by atoms with Crippen molar-refractivity contribution in [3.8, 4) is 5.69 Å². The first-order valence-corrected chi connectivity index (χ1v) is 10.0. The van der Waals surface area contributed by atoms with E-state index in [4.69, 9.17) is 0 Å². The van der Waals surface area contributed by atoms with E-state index < -0.39 is 0 Å². The SMILES string of the molecule is Cc1ccc(C)c(-n2ccnc2SCC(=O)N2C(C)CCCC2C)c1. The standard InChI is InChI=1S/C20H27N3OS/c1-14-8-9-15(2)18(12-14)22-11-10-21-20(22)25-13-19(24)23-16(3)6-5-7-17(23)4/h8-12,16-17H,5-7,13H2,1-4H3. The van der Waals surface area contributed by atoms with Crippen molar-refractivity contribution in [2.24, 2.45) is 0 Å². The molecule has 1 amide bonds. The minimum atomic E-state index is 0.222. The maximum atomic E-state index is 12.8. The molecule has 0 radical (unpaired) electrons. The lowest BCUT2D eigenvalue weighted by molar-refractivity contribution is -0.134. The molecular weight excluding hydrogens is 330 g/mol. The Morgan fingerprint density at radius 3 is 2.68 bits per heavy atom. The van der Waals surface area contributed by atoms with Gasteiger partial charge in [0.2, 0.25) is 5.91 Å². The molecule has 0 N–H and O–H groups in total. The van der Waals surface area contributed by atoms with Gasteiger partial charge in [0.1, 0.15) is 0 Å². The minimum Gasteiger partial charge on any atom is -0.337 e. The molecule has 3 rings (SSSR count). The summed E-state index contributed by atoms with van der Waals surface area (Å²) >= 11 is 1.53. The lowest BCUT2D eigenvalue weighted by atomic mass is 9.98. The third-order valence-electron chi connectivity index (χ3n) is 5.04. The normalized spacial score (nSPS) is 20.7. The molecule has 0 spiro atoms. The monoisotopic (exact) mass is 357 g/mol. The second kappa shape index (κ2) is 7.65. The predicted molar refractivity (Wildman–Crippen MR) is 103 cm³/mol. The maximum Gasteiger partial charge on any atom is 0.233 e. The molecule has 2 heterocycles. The van der Waals surface area contributed by atoms with Crippen molar-refractivity contribution < 1.29 is 4.79 Å². The van der Waals surface area contributed by atoms with Crippen LogP contribution in [0, 0.1) is 13.8 Å². The lowest BCUT2D eigenvalue weighted by Crippen LogP contribution is -2.48. The number of nitrogens with zero attached hydrogens (tertiary/aromatic N) is 3. The number of imidazole rings is 1. The second-order valence-corrected chi connectivity index (χ2v) is 8.03. The lowest BCUT2D eigenvalue weighted by Gasteiger charge is -2.39. The molecule has 0 saturated carbocycles. The van der Waals surface area contributed by atoms with Crippen LogP contribution in [0.2, 0.25) is 0 Å². The first-order chi connectivity index (χ1) is 12.0. The van der Waals surface area contributed by atoms with Crippen molar-refractivity contribution >= 4 is 17.7 Å². The van der Waals surface area contributed by atoms with Gasteiger partial charge in [-0.2, -0.15) is 0 Å². The van der Waals surface area contributed by atoms with E-state index in [1.165, 1.54) is 29.3 Å². The fourth-order valence-corrected chi connectivity index (χ4v) is 4.51. The van der Waals surface area contributed by atoms with Gasteiger partial charge in [-0.1, -0.05) is 23.9 Å². The van der Waals surface area contributed by atoms with Crippen LogP contribution in [0.15, 0.2) is 35.7 Å². The second-order valence-electron chi connectivity index (χ2n) is 7.09. The first-order valence-electron chi connectivity index (χ1n) is 9.02. The third-order valence-corrected chi connectivity index (χ3v) is 5.99. The van der Waals surface area contributed by atoms with Gasteiger partial charge in [-0.05, 0) is 64.2 Å². The number of piperidine rings is 1. The summed E-state index contributed by atoms with van der Waals surface area (Å²) in [7, 11) is 0. The van der Waals surface area contributed by atoms with Crippen LogP contribution in [0.3, 0.4) is 0 Å². The van der Waals surface area contributed by atoms with Crippen LogP contribution >= 0.6 is 11.8 Å². The Morgan fingerprint density at radius 1 is 1.24 bits per heavy atom. The average molecular weight is 358 g/mol. The highest BCUT2D eigenvalue weighted by atomic mass is 32.2. The molecule has 25 heavy (non-hydrogen) atoms.